The summed E-state index contributed by atoms with van der Waals surface area (Å²) >= 11 is 0. The summed E-state index contributed by atoms with van der Waals surface area (Å²) in [4.78, 5) is 54.6. The van der Waals surface area contributed by atoms with Crippen molar-refractivity contribution in [2.75, 3.05) is 11.9 Å². The molecule has 0 radical (unpaired) electrons. The van der Waals surface area contributed by atoms with Gasteiger partial charge in [-0.3, -0.25) is 14.4 Å². The Kier molecular flexibility index (Phi) is 11.7. The normalized spacial score (nSPS) is 12.7. The Labute approximate surface area is 254 Å². The van der Waals surface area contributed by atoms with Crippen molar-refractivity contribution in [3.05, 3.63) is 77.9 Å². The van der Waals surface area contributed by atoms with Crippen molar-refractivity contribution in [1.29, 1.82) is 0 Å². The smallest absolute Gasteiger partial charge is 0.408 e. The summed E-state index contributed by atoms with van der Waals surface area (Å²) in [5.74, 6) is -1.78. The number of anilines is 1. The van der Waals surface area contributed by atoms with Gasteiger partial charge in [0.15, 0.2) is 0 Å². The van der Waals surface area contributed by atoms with Gasteiger partial charge in [-0.05, 0) is 62.6 Å². The first-order chi connectivity index (χ1) is 20.4. The minimum absolute atomic E-state index is 0.230. The van der Waals surface area contributed by atoms with Crippen molar-refractivity contribution >= 4 is 40.3 Å². The molecule has 9 nitrogen and oxygen atoms in total. The molecule has 0 aliphatic carbocycles. The number of nitrogens with one attached hydrogen (secondary N) is 2. The van der Waals surface area contributed by atoms with Crippen LogP contribution < -0.4 is 16.4 Å². The highest BCUT2D eigenvalue weighted by Crippen LogP contribution is 2.27. The number of carbonyl (C=O) groups excluding carboxylic acids is 4. The monoisotopic (exact) mass is 588 g/mol. The second kappa shape index (κ2) is 15.2. The molecule has 0 saturated heterocycles. The molecule has 3 rings (SSSR count). The largest absolute Gasteiger partial charge is 0.444 e. The highest BCUT2D eigenvalue weighted by atomic mass is 16.6. The van der Waals surface area contributed by atoms with Gasteiger partial charge in [0, 0.05) is 12.2 Å². The van der Waals surface area contributed by atoms with E-state index < -0.39 is 47.9 Å². The van der Waals surface area contributed by atoms with Gasteiger partial charge in [0.2, 0.25) is 11.8 Å². The topological polar surface area (TPSA) is 131 Å². The summed E-state index contributed by atoms with van der Waals surface area (Å²) in [6.45, 7) is 9.32. The number of hydrogen-bond donors (Lipinski definition) is 3. The summed E-state index contributed by atoms with van der Waals surface area (Å²) in [5, 5.41) is 7.53. The Morgan fingerprint density at radius 2 is 1.63 bits per heavy atom. The molecule has 9 heteroatoms. The number of fused-ring (bicyclic) bond motifs is 1. The molecule has 230 valence electrons. The third kappa shape index (κ3) is 10.1. The van der Waals surface area contributed by atoms with E-state index in [1.54, 1.807) is 26.8 Å². The number of nitrogens with two attached hydrogens (primary N) is 1. The minimum atomic E-state index is -1.32. The Bertz CT molecular complexity index is 1430. The second-order valence-electron chi connectivity index (χ2n) is 11.8. The van der Waals surface area contributed by atoms with E-state index >= 15 is 0 Å². The van der Waals surface area contributed by atoms with Crippen LogP contribution in [-0.4, -0.2) is 46.9 Å². The van der Waals surface area contributed by atoms with Gasteiger partial charge < -0.3 is 26.0 Å². The second-order valence-corrected chi connectivity index (χ2v) is 11.8. The molecule has 3 aromatic rings. The standard InChI is InChI=1S/C34H44N4O5/c1-6-7-8-11-19-38(32(41)28(22-29(35)39)37-33(42)43-34(3,4)5)30(26-16-12-13-23(2)20-26)31(40)36-27-18-17-24-14-9-10-15-25(24)21-27/h9-10,12-18,20-21,28,30H,6-8,11,19,22H2,1-5H3,(H2,35,39)(H,36,40)(H,37,42). The SMILES string of the molecule is CCCCCCN(C(=O)C(CC(N)=O)NC(=O)OC(C)(C)C)C(C(=O)Nc1ccc2ccccc2c1)c1cccc(C)c1. The van der Waals surface area contributed by atoms with Gasteiger partial charge in [0.1, 0.15) is 17.7 Å². The lowest BCUT2D eigenvalue weighted by Crippen LogP contribution is -2.53. The number of ether oxygens (including phenoxy) is 1. The van der Waals surface area contributed by atoms with Crippen LogP contribution in [0, 0.1) is 6.92 Å². The van der Waals surface area contributed by atoms with E-state index in [1.165, 1.54) is 4.90 Å². The van der Waals surface area contributed by atoms with E-state index in [-0.39, 0.29) is 6.54 Å². The minimum Gasteiger partial charge on any atom is -0.444 e. The Morgan fingerprint density at radius 3 is 2.28 bits per heavy atom. The maximum atomic E-state index is 14.2. The van der Waals surface area contributed by atoms with Crippen LogP contribution in [0.2, 0.25) is 0 Å². The van der Waals surface area contributed by atoms with Crippen LogP contribution in [0.3, 0.4) is 0 Å². The van der Waals surface area contributed by atoms with Crippen molar-refractivity contribution in [3.63, 3.8) is 0 Å². The molecule has 3 aromatic carbocycles. The first kappa shape index (κ1) is 33.1. The van der Waals surface area contributed by atoms with Crippen molar-refractivity contribution in [2.24, 2.45) is 5.73 Å². The number of hydrogen-bond acceptors (Lipinski definition) is 5. The number of unbranched alkanes of at least 4 members (excludes halogenated alkanes) is 3. The van der Waals surface area contributed by atoms with Gasteiger partial charge in [-0.25, -0.2) is 4.79 Å². The number of alkyl carbamates (subject to hydrolysis) is 1. The molecule has 2 atom stereocenters. The molecule has 0 bridgehead atoms. The third-order valence-electron chi connectivity index (χ3n) is 6.86. The zero-order chi connectivity index (χ0) is 31.6. The van der Waals surface area contributed by atoms with E-state index in [0.29, 0.717) is 17.7 Å². The molecule has 4 N–H and O–H groups in total. The van der Waals surface area contributed by atoms with E-state index in [4.69, 9.17) is 10.5 Å². The molecule has 0 heterocycles. The molecular weight excluding hydrogens is 544 g/mol. The molecule has 4 amide bonds. The van der Waals surface area contributed by atoms with Gasteiger partial charge in [-0.2, -0.15) is 0 Å². The summed E-state index contributed by atoms with van der Waals surface area (Å²) in [6, 6.07) is 18.5. The fourth-order valence-corrected chi connectivity index (χ4v) is 4.92. The fraction of sp³-hybridized carbons (Fsp3) is 0.412. The highest BCUT2D eigenvalue weighted by molar-refractivity contribution is 6.01. The zero-order valence-electron chi connectivity index (χ0n) is 25.8. The van der Waals surface area contributed by atoms with Gasteiger partial charge >= 0.3 is 6.09 Å². The number of benzene rings is 3. The van der Waals surface area contributed by atoms with Gasteiger partial charge in [0.05, 0.1) is 6.42 Å². The van der Waals surface area contributed by atoms with Crippen LogP contribution in [-0.2, 0) is 19.1 Å². The third-order valence-corrected chi connectivity index (χ3v) is 6.86. The predicted octanol–water partition coefficient (Wildman–Crippen LogP) is 6.01. The fourth-order valence-electron chi connectivity index (χ4n) is 4.92. The van der Waals surface area contributed by atoms with E-state index in [9.17, 15) is 19.2 Å². The van der Waals surface area contributed by atoms with Gasteiger partial charge in [-0.15, -0.1) is 0 Å². The molecule has 43 heavy (non-hydrogen) atoms. The van der Waals surface area contributed by atoms with Crippen LogP contribution in [0.1, 0.15) is 77.0 Å². The van der Waals surface area contributed by atoms with Crippen LogP contribution in [0.15, 0.2) is 66.7 Å². The van der Waals surface area contributed by atoms with E-state index in [0.717, 1.165) is 35.6 Å². The average molecular weight is 589 g/mol. The molecule has 2 unspecified atom stereocenters. The lowest BCUT2D eigenvalue weighted by molar-refractivity contribution is -0.142. The summed E-state index contributed by atoms with van der Waals surface area (Å²) in [5.41, 5.74) is 6.79. The molecule has 0 aromatic heterocycles. The van der Waals surface area contributed by atoms with E-state index in [2.05, 4.69) is 17.6 Å². The maximum Gasteiger partial charge on any atom is 0.408 e. The van der Waals surface area contributed by atoms with Crippen molar-refractivity contribution in [2.45, 2.75) is 84.4 Å². The lowest BCUT2D eigenvalue weighted by Gasteiger charge is -2.34. The predicted molar refractivity (Wildman–Crippen MR) is 169 cm³/mol. The summed E-state index contributed by atoms with van der Waals surface area (Å²) in [7, 11) is 0. The maximum absolute atomic E-state index is 14.2. The average Bonchev–Trinajstić information content (AvgIpc) is 2.92. The zero-order valence-corrected chi connectivity index (χ0v) is 25.8. The van der Waals surface area contributed by atoms with Crippen molar-refractivity contribution in [1.82, 2.24) is 10.2 Å². The first-order valence-electron chi connectivity index (χ1n) is 14.8. The van der Waals surface area contributed by atoms with Crippen LogP contribution >= 0.6 is 0 Å². The number of amides is 4. The number of nitrogens with zero attached hydrogens (tertiary/aromatic N) is 1. The number of rotatable bonds is 13. The molecule has 0 spiro atoms. The van der Waals surface area contributed by atoms with E-state index in [1.807, 2.05) is 67.6 Å². The van der Waals surface area contributed by atoms with Crippen LogP contribution in [0.5, 0.6) is 0 Å². The molecule has 0 aliphatic rings. The number of carbonyl (C=O) groups is 4. The van der Waals surface area contributed by atoms with Gasteiger partial charge in [-0.1, -0.05) is 86.3 Å². The molecular formula is C34H44N4O5. The first-order valence-corrected chi connectivity index (χ1v) is 14.8. The highest BCUT2D eigenvalue weighted by Gasteiger charge is 2.37. The number of aryl methyl sites for hydroxylation is 1. The van der Waals surface area contributed by atoms with Crippen LogP contribution in [0.4, 0.5) is 10.5 Å². The molecule has 0 saturated carbocycles. The molecule has 0 aliphatic heterocycles. The van der Waals surface area contributed by atoms with Crippen molar-refractivity contribution < 1.29 is 23.9 Å². The summed E-state index contributed by atoms with van der Waals surface area (Å²) < 4.78 is 5.36. The number of primary amides is 1. The Balaban J connectivity index is 2.04. The van der Waals surface area contributed by atoms with Crippen LogP contribution in [0.25, 0.3) is 10.8 Å². The molecule has 0 fully saturated rings. The quantitative estimate of drug-likeness (QED) is 0.211. The summed E-state index contributed by atoms with van der Waals surface area (Å²) in [6.07, 6.45) is 2.11. The Hall–Kier alpha value is -4.40. The Morgan fingerprint density at radius 1 is 0.907 bits per heavy atom. The van der Waals surface area contributed by atoms with Gasteiger partial charge in [0.25, 0.3) is 5.91 Å². The lowest BCUT2D eigenvalue weighted by atomic mass is 9.99. The van der Waals surface area contributed by atoms with Crippen molar-refractivity contribution in [3.8, 4) is 0 Å².